The summed E-state index contributed by atoms with van der Waals surface area (Å²) < 4.78 is 0. The third-order valence-electron chi connectivity index (χ3n) is 3.37. The Morgan fingerprint density at radius 2 is 1.95 bits per heavy atom. The number of hydrogen-bond acceptors (Lipinski definition) is 6. The molecule has 2 aromatic rings. The summed E-state index contributed by atoms with van der Waals surface area (Å²) in [7, 11) is 0. The number of pyridine rings is 1. The van der Waals surface area contributed by atoms with E-state index in [9.17, 15) is 5.11 Å². The highest BCUT2D eigenvalue weighted by Crippen LogP contribution is 2.23. The Hall–Kier alpha value is -1.66. The normalized spacial score (nSPS) is 15.8. The second-order valence-electron chi connectivity index (χ2n) is 4.45. The van der Waals surface area contributed by atoms with Crippen LogP contribution >= 0.6 is 11.3 Å². The monoisotopic (exact) mass is 276 g/mol. The van der Waals surface area contributed by atoms with Crippen LogP contribution in [0.2, 0.25) is 0 Å². The Bertz CT molecular complexity index is 523. The Kier molecular flexibility index (Phi) is 3.61. The van der Waals surface area contributed by atoms with Gasteiger partial charge in [-0.3, -0.25) is 4.98 Å². The van der Waals surface area contributed by atoms with E-state index in [0.717, 1.165) is 42.6 Å². The van der Waals surface area contributed by atoms with Gasteiger partial charge in [-0.05, 0) is 6.07 Å². The molecule has 1 fully saturated rings. The molecule has 1 N–H and O–H groups in total. The molecule has 0 unspecified atom stereocenters. The van der Waals surface area contributed by atoms with E-state index in [1.165, 1.54) is 0 Å². The lowest BCUT2D eigenvalue weighted by Gasteiger charge is -2.36. The molecule has 0 bridgehead atoms. The van der Waals surface area contributed by atoms with Crippen molar-refractivity contribution in [1.82, 2.24) is 9.97 Å². The van der Waals surface area contributed by atoms with Gasteiger partial charge in [-0.15, -0.1) is 11.3 Å². The van der Waals surface area contributed by atoms with Crippen molar-refractivity contribution >= 4 is 22.2 Å². The summed E-state index contributed by atoms with van der Waals surface area (Å²) in [6, 6.07) is 1.88. The second kappa shape index (κ2) is 5.54. The summed E-state index contributed by atoms with van der Waals surface area (Å²) in [5.41, 5.74) is 1.99. The van der Waals surface area contributed by atoms with Gasteiger partial charge in [0.2, 0.25) is 0 Å². The fourth-order valence-electron chi connectivity index (χ4n) is 2.34. The highest BCUT2D eigenvalue weighted by atomic mass is 32.1. The predicted octanol–water partition coefficient (Wildman–Crippen LogP) is 1.36. The number of thiazole rings is 1. The molecule has 19 heavy (non-hydrogen) atoms. The largest absolute Gasteiger partial charge is 0.392 e. The van der Waals surface area contributed by atoms with Crippen LogP contribution in [0.1, 0.15) is 5.56 Å². The molecule has 0 aromatic carbocycles. The van der Waals surface area contributed by atoms with Gasteiger partial charge in [0.25, 0.3) is 0 Å². The van der Waals surface area contributed by atoms with E-state index in [1.807, 2.05) is 23.8 Å². The van der Waals surface area contributed by atoms with Gasteiger partial charge >= 0.3 is 0 Å². The van der Waals surface area contributed by atoms with E-state index in [1.54, 1.807) is 17.5 Å². The number of aromatic nitrogens is 2. The average molecular weight is 276 g/mol. The molecule has 3 rings (SSSR count). The van der Waals surface area contributed by atoms with Crippen LogP contribution < -0.4 is 9.80 Å². The average Bonchev–Trinajstić information content (AvgIpc) is 3.02. The summed E-state index contributed by atoms with van der Waals surface area (Å²) in [4.78, 5) is 13.1. The maximum Gasteiger partial charge on any atom is 0.185 e. The lowest BCUT2D eigenvalue weighted by atomic mass is 10.2. The van der Waals surface area contributed by atoms with Gasteiger partial charge in [0, 0.05) is 49.5 Å². The summed E-state index contributed by atoms with van der Waals surface area (Å²) in [6.07, 6.45) is 5.41. The van der Waals surface area contributed by atoms with E-state index in [4.69, 9.17) is 0 Å². The minimum Gasteiger partial charge on any atom is -0.392 e. The minimum absolute atomic E-state index is 0.0601. The molecule has 0 spiro atoms. The molecule has 100 valence electrons. The molecule has 6 heteroatoms. The first kappa shape index (κ1) is 12.4. The zero-order chi connectivity index (χ0) is 13.1. The highest BCUT2D eigenvalue weighted by molar-refractivity contribution is 7.13. The third kappa shape index (κ3) is 2.54. The van der Waals surface area contributed by atoms with Crippen molar-refractivity contribution in [3.8, 4) is 0 Å². The first-order valence-electron chi connectivity index (χ1n) is 6.31. The number of nitrogens with zero attached hydrogens (tertiary/aromatic N) is 4. The molecule has 0 atom stereocenters. The zero-order valence-electron chi connectivity index (χ0n) is 10.6. The smallest absolute Gasteiger partial charge is 0.185 e. The standard InChI is InChI=1S/C13H16N4OS/c18-10-11-1-2-14-9-12(11)16-4-6-17(7-5-16)13-15-3-8-19-13/h1-3,8-9,18H,4-7,10H2. The fourth-order valence-corrected chi connectivity index (χ4v) is 3.04. The second-order valence-corrected chi connectivity index (χ2v) is 5.32. The summed E-state index contributed by atoms with van der Waals surface area (Å²) in [5, 5.41) is 12.5. The van der Waals surface area contributed by atoms with Crippen LogP contribution in [0.15, 0.2) is 30.0 Å². The molecular formula is C13H16N4OS. The van der Waals surface area contributed by atoms with Crippen LogP contribution in [0.3, 0.4) is 0 Å². The number of aliphatic hydroxyl groups is 1. The molecule has 0 saturated carbocycles. The van der Waals surface area contributed by atoms with E-state index >= 15 is 0 Å². The molecule has 2 aromatic heterocycles. The van der Waals surface area contributed by atoms with Crippen LogP contribution in [0.5, 0.6) is 0 Å². The van der Waals surface area contributed by atoms with Crippen molar-refractivity contribution in [1.29, 1.82) is 0 Å². The van der Waals surface area contributed by atoms with Crippen molar-refractivity contribution in [2.45, 2.75) is 6.61 Å². The van der Waals surface area contributed by atoms with Gasteiger partial charge in [0.05, 0.1) is 18.5 Å². The zero-order valence-corrected chi connectivity index (χ0v) is 11.4. The van der Waals surface area contributed by atoms with E-state index in [-0.39, 0.29) is 6.61 Å². The maximum atomic E-state index is 9.38. The lowest BCUT2D eigenvalue weighted by Crippen LogP contribution is -2.46. The summed E-state index contributed by atoms with van der Waals surface area (Å²) >= 11 is 1.68. The van der Waals surface area contributed by atoms with Crippen LogP contribution in [0.25, 0.3) is 0 Å². The Morgan fingerprint density at radius 3 is 2.63 bits per heavy atom. The predicted molar refractivity (Wildman–Crippen MR) is 76.7 cm³/mol. The van der Waals surface area contributed by atoms with Crippen LogP contribution in [0, 0.1) is 0 Å². The fraction of sp³-hybridized carbons (Fsp3) is 0.385. The molecular weight excluding hydrogens is 260 g/mol. The van der Waals surface area contributed by atoms with Crippen molar-refractivity contribution in [3.63, 3.8) is 0 Å². The minimum atomic E-state index is 0.0601. The maximum absolute atomic E-state index is 9.38. The first-order valence-corrected chi connectivity index (χ1v) is 7.19. The number of hydrogen-bond donors (Lipinski definition) is 1. The van der Waals surface area contributed by atoms with Crippen LogP contribution in [-0.2, 0) is 6.61 Å². The van der Waals surface area contributed by atoms with Gasteiger partial charge in [0.1, 0.15) is 0 Å². The SMILES string of the molecule is OCc1ccncc1N1CCN(c2nccs2)CC1. The van der Waals surface area contributed by atoms with Crippen LogP contribution in [-0.4, -0.2) is 41.3 Å². The molecule has 5 nitrogen and oxygen atoms in total. The van der Waals surface area contributed by atoms with E-state index in [0.29, 0.717) is 0 Å². The first-order chi connectivity index (χ1) is 9.38. The van der Waals surface area contributed by atoms with Gasteiger partial charge in [-0.1, -0.05) is 0 Å². The Labute approximate surface area is 116 Å². The molecule has 0 aliphatic carbocycles. The Balaban J connectivity index is 1.70. The lowest BCUT2D eigenvalue weighted by molar-refractivity contribution is 0.282. The van der Waals surface area contributed by atoms with Gasteiger partial charge in [-0.25, -0.2) is 4.98 Å². The van der Waals surface area contributed by atoms with Gasteiger partial charge in [0.15, 0.2) is 5.13 Å². The van der Waals surface area contributed by atoms with Gasteiger partial charge in [-0.2, -0.15) is 0 Å². The molecule has 3 heterocycles. The topological polar surface area (TPSA) is 52.5 Å². The number of aliphatic hydroxyl groups excluding tert-OH is 1. The summed E-state index contributed by atoms with van der Waals surface area (Å²) in [5.74, 6) is 0. The molecule has 1 saturated heterocycles. The van der Waals surface area contributed by atoms with Crippen molar-refractivity contribution in [3.05, 3.63) is 35.6 Å². The molecule has 0 radical (unpaired) electrons. The summed E-state index contributed by atoms with van der Waals surface area (Å²) in [6.45, 7) is 3.82. The van der Waals surface area contributed by atoms with Crippen molar-refractivity contribution in [2.24, 2.45) is 0 Å². The Morgan fingerprint density at radius 1 is 1.16 bits per heavy atom. The molecule has 0 amide bonds. The van der Waals surface area contributed by atoms with Crippen LogP contribution in [0.4, 0.5) is 10.8 Å². The van der Waals surface area contributed by atoms with E-state index < -0.39 is 0 Å². The van der Waals surface area contributed by atoms with E-state index in [2.05, 4.69) is 19.8 Å². The number of piperazine rings is 1. The van der Waals surface area contributed by atoms with Gasteiger partial charge < -0.3 is 14.9 Å². The van der Waals surface area contributed by atoms with Crippen molar-refractivity contribution < 1.29 is 5.11 Å². The quantitative estimate of drug-likeness (QED) is 0.917. The molecule has 1 aliphatic heterocycles. The van der Waals surface area contributed by atoms with Crippen molar-refractivity contribution in [2.75, 3.05) is 36.0 Å². The number of rotatable bonds is 3. The third-order valence-corrected chi connectivity index (χ3v) is 4.20. The number of anilines is 2. The highest BCUT2D eigenvalue weighted by Gasteiger charge is 2.20. The molecule has 1 aliphatic rings.